The van der Waals surface area contributed by atoms with E-state index in [4.69, 9.17) is 0 Å². The second-order valence-corrected chi connectivity index (χ2v) is 7.02. The molecule has 1 aliphatic carbocycles. The monoisotopic (exact) mass is 308 g/mol. The first-order chi connectivity index (χ1) is 10.2. The average Bonchev–Trinajstić information content (AvgIpc) is 3.25. The van der Waals surface area contributed by atoms with Crippen molar-refractivity contribution in [3.63, 3.8) is 0 Å². The summed E-state index contributed by atoms with van der Waals surface area (Å²) in [7, 11) is 0. The fourth-order valence-electron chi connectivity index (χ4n) is 3.03. The van der Waals surface area contributed by atoms with Gasteiger partial charge in [0, 0.05) is 25.0 Å². The van der Waals surface area contributed by atoms with Gasteiger partial charge in [-0.3, -0.25) is 4.79 Å². The highest BCUT2D eigenvalue weighted by atomic mass is 32.2. The van der Waals surface area contributed by atoms with Gasteiger partial charge >= 0.3 is 0 Å². The molecule has 1 unspecified atom stereocenters. The number of hydrogen-bond acceptors (Lipinski definition) is 4. The zero-order chi connectivity index (χ0) is 14.8. The molecule has 6 heteroatoms. The molecule has 5 nitrogen and oxygen atoms in total. The first-order valence-corrected chi connectivity index (χ1v) is 9.04. The molecule has 2 heterocycles. The molecule has 0 bridgehead atoms. The number of rotatable bonds is 5. The Morgan fingerprint density at radius 3 is 2.76 bits per heavy atom. The molecule has 1 saturated heterocycles. The van der Waals surface area contributed by atoms with E-state index in [9.17, 15) is 4.79 Å². The summed E-state index contributed by atoms with van der Waals surface area (Å²) in [6, 6.07) is 0.387. The Kier molecular flexibility index (Phi) is 4.52. The molecule has 0 aromatic carbocycles. The van der Waals surface area contributed by atoms with Crippen molar-refractivity contribution in [2.75, 3.05) is 12.3 Å². The van der Waals surface area contributed by atoms with Crippen LogP contribution in [0.1, 0.15) is 57.7 Å². The van der Waals surface area contributed by atoms with Crippen LogP contribution in [0.4, 0.5) is 0 Å². The van der Waals surface area contributed by atoms with E-state index >= 15 is 0 Å². The van der Waals surface area contributed by atoms with Crippen molar-refractivity contribution in [1.82, 2.24) is 19.7 Å². The zero-order valence-electron chi connectivity index (χ0n) is 12.9. The Morgan fingerprint density at radius 2 is 2.10 bits per heavy atom. The van der Waals surface area contributed by atoms with Crippen LogP contribution < -0.4 is 0 Å². The van der Waals surface area contributed by atoms with Gasteiger partial charge in [0.15, 0.2) is 5.16 Å². The fourth-order valence-corrected chi connectivity index (χ4v) is 3.92. The standard InChI is InChI=1S/C15H24N4OS/c1-3-18-14(12-7-8-12)16-17-15(18)21-10-13(20)19-9-5-4-6-11(19)2/h11-12H,3-10H2,1-2H3. The number of likely N-dealkylation sites (tertiary alicyclic amines) is 1. The number of carbonyl (C=O) groups excluding carboxylic acids is 1. The number of amides is 1. The molecular weight excluding hydrogens is 284 g/mol. The maximum absolute atomic E-state index is 12.4. The average molecular weight is 308 g/mol. The smallest absolute Gasteiger partial charge is 0.233 e. The van der Waals surface area contributed by atoms with Gasteiger partial charge < -0.3 is 9.47 Å². The first-order valence-electron chi connectivity index (χ1n) is 8.06. The normalized spacial score (nSPS) is 22.6. The molecule has 0 spiro atoms. The molecule has 116 valence electrons. The van der Waals surface area contributed by atoms with E-state index in [0.717, 1.165) is 36.9 Å². The van der Waals surface area contributed by atoms with E-state index in [-0.39, 0.29) is 5.91 Å². The van der Waals surface area contributed by atoms with Gasteiger partial charge in [0.2, 0.25) is 5.91 Å². The van der Waals surface area contributed by atoms with Crippen LogP contribution >= 0.6 is 11.8 Å². The van der Waals surface area contributed by atoms with E-state index in [1.165, 1.54) is 31.0 Å². The predicted octanol–water partition coefficient (Wildman–Crippen LogP) is 2.67. The molecule has 0 radical (unpaired) electrons. The number of carbonyl (C=O) groups is 1. The lowest BCUT2D eigenvalue weighted by atomic mass is 10.0. The lowest BCUT2D eigenvalue weighted by Crippen LogP contribution is -2.43. The Balaban J connectivity index is 1.60. The van der Waals surface area contributed by atoms with Crippen molar-refractivity contribution in [3.8, 4) is 0 Å². The molecule has 1 aromatic rings. The van der Waals surface area contributed by atoms with Gasteiger partial charge in [0.1, 0.15) is 5.82 Å². The van der Waals surface area contributed by atoms with Gasteiger partial charge in [0.05, 0.1) is 5.75 Å². The molecule has 0 N–H and O–H groups in total. The summed E-state index contributed by atoms with van der Waals surface area (Å²) in [6.45, 7) is 6.07. The maximum atomic E-state index is 12.4. The largest absolute Gasteiger partial charge is 0.339 e. The van der Waals surface area contributed by atoms with Crippen molar-refractivity contribution in [2.45, 2.75) is 69.6 Å². The van der Waals surface area contributed by atoms with Crippen LogP contribution in [0, 0.1) is 0 Å². The van der Waals surface area contributed by atoms with Gasteiger partial charge in [-0.05, 0) is 46.0 Å². The Morgan fingerprint density at radius 1 is 1.29 bits per heavy atom. The third-order valence-corrected chi connectivity index (χ3v) is 5.40. The fraction of sp³-hybridized carbons (Fsp3) is 0.800. The second kappa shape index (κ2) is 6.38. The summed E-state index contributed by atoms with van der Waals surface area (Å²) < 4.78 is 2.18. The third kappa shape index (κ3) is 3.25. The molecule has 3 rings (SSSR count). The Hall–Kier alpha value is -1.04. The summed E-state index contributed by atoms with van der Waals surface area (Å²) in [5, 5.41) is 9.51. The third-order valence-electron chi connectivity index (χ3n) is 4.45. The lowest BCUT2D eigenvalue weighted by molar-refractivity contribution is -0.131. The number of thioether (sulfide) groups is 1. The lowest BCUT2D eigenvalue weighted by Gasteiger charge is -2.33. The number of aromatic nitrogens is 3. The number of piperidine rings is 1. The van der Waals surface area contributed by atoms with Crippen LogP contribution in [0.3, 0.4) is 0 Å². The van der Waals surface area contributed by atoms with Gasteiger partial charge in [-0.1, -0.05) is 11.8 Å². The predicted molar refractivity (Wildman–Crippen MR) is 83.4 cm³/mol. The number of nitrogens with zero attached hydrogens (tertiary/aromatic N) is 4. The van der Waals surface area contributed by atoms with Crippen molar-refractivity contribution < 1.29 is 4.79 Å². The van der Waals surface area contributed by atoms with Gasteiger partial charge in [0.25, 0.3) is 0 Å². The molecule has 1 saturated carbocycles. The van der Waals surface area contributed by atoms with Crippen molar-refractivity contribution in [1.29, 1.82) is 0 Å². The van der Waals surface area contributed by atoms with E-state index in [0.29, 0.717) is 17.7 Å². The summed E-state index contributed by atoms with van der Waals surface area (Å²) in [4.78, 5) is 14.4. The highest BCUT2D eigenvalue weighted by Crippen LogP contribution is 2.40. The van der Waals surface area contributed by atoms with Crippen LogP contribution in [-0.2, 0) is 11.3 Å². The van der Waals surface area contributed by atoms with Crippen molar-refractivity contribution in [2.24, 2.45) is 0 Å². The van der Waals surface area contributed by atoms with Crippen LogP contribution in [0.5, 0.6) is 0 Å². The minimum atomic E-state index is 0.242. The van der Waals surface area contributed by atoms with E-state index in [2.05, 4.69) is 28.6 Å². The quantitative estimate of drug-likeness (QED) is 0.785. The summed E-state index contributed by atoms with van der Waals surface area (Å²) in [5.74, 6) is 2.43. The molecule has 2 fully saturated rings. The molecule has 21 heavy (non-hydrogen) atoms. The highest BCUT2D eigenvalue weighted by Gasteiger charge is 2.30. The highest BCUT2D eigenvalue weighted by molar-refractivity contribution is 7.99. The first kappa shape index (κ1) is 14.9. The minimum Gasteiger partial charge on any atom is -0.339 e. The summed E-state index contributed by atoms with van der Waals surface area (Å²) in [5.41, 5.74) is 0. The van der Waals surface area contributed by atoms with E-state index < -0.39 is 0 Å². The molecule has 1 aliphatic heterocycles. The molecule has 1 amide bonds. The molecule has 1 aromatic heterocycles. The van der Waals surface area contributed by atoms with Gasteiger partial charge in [-0.25, -0.2) is 0 Å². The summed E-state index contributed by atoms with van der Waals surface area (Å²) >= 11 is 1.54. The van der Waals surface area contributed by atoms with Crippen LogP contribution in [-0.4, -0.2) is 43.9 Å². The Labute approximate surface area is 130 Å². The maximum Gasteiger partial charge on any atom is 0.233 e. The van der Waals surface area contributed by atoms with E-state index in [1.807, 2.05) is 4.90 Å². The molecule has 2 aliphatic rings. The van der Waals surface area contributed by atoms with Gasteiger partial charge in [-0.15, -0.1) is 10.2 Å². The van der Waals surface area contributed by atoms with Crippen molar-refractivity contribution in [3.05, 3.63) is 5.82 Å². The van der Waals surface area contributed by atoms with Crippen LogP contribution in [0.15, 0.2) is 5.16 Å². The SMILES string of the molecule is CCn1c(SCC(=O)N2CCCCC2C)nnc1C1CC1. The Bertz CT molecular complexity index is 512. The molecular formula is C15H24N4OS. The van der Waals surface area contributed by atoms with Crippen LogP contribution in [0.2, 0.25) is 0 Å². The topological polar surface area (TPSA) is 51.0 Å². The summed E-state index contributed by atoms with van der Waals surface area (Å²) in [6.07, 6.45) is 5.97. The second-order valence-electron chi connectivity index (χ2n) is 6.08. The number of hydrogen-bond donors (Lipinski definition) is 0. The van der Waals surface area contributed by atoms with Gasteiger partial charge in [-0.2, -0.15) is 0 Å². The zero-order valence-corrected chi connectivity index (χ0v) is 13.7. The van der Waals surface area contributed by atoms with Crippen molar-refractivity contribution >= 4 is 17.7 Å². The van der Waals surface area contributed by atoms with Crippen LogP contribution in [0.25, 0.3) is 0 Å². The van der Waals surface area contributed by atoms with E-state index in [1.54, 1.807) is 0 Å². The minimum absolute atomic E-state index is 0.242. The molecule has 1 atom stereocenters.